The molecule has 0 saturated carbocycles. The summed E-state index contributed by atoms with van der Waals surface area (Å²) < 4.78 is 4.48. The lowest BCUT2D eigenvalue weighted by molar-refractivity contribution is -0.139. The van der Waals surface area contributed by atoms with Crippen LogP contribution in [0.4, 0.5) is 0 Å². The number of rotatable bonds is 4. The van der Waals surface area contributed by atoms with Gasteiger partial charge in [0.1, 0.15) is 0 Å². The van der Waals surface area contributed by atoms with Crippen LogP contribution >= 0.6 is 11.8 Å². The molecule has 11 heavy (non-hydrogen) atoms. The number of hydrogen-bond acceptors (Lipinski definition) is 4. The third kappa shape index (κ3) is 5.09. The average molecular weight is 177 g/mol. The van der Waals surface area contributed by atoms with Crippen molar-refractivity contribution < 1.29 is 9.53 Å². The van der Waals surface area contributed by atoms with E-state index in [1.165, 1.54) is 7.11 Å². The minimum Gasteiger partial charge on any atom is -0.468 e. The number of nitrogens with one attached hydrogen (secondary N) is 1. The van der Waals surface area contributed by atoms with Crippen LogP contribution in [0.3, 0.4) is 0 Å². The molecule has 0 aromatic carbocycles. The number of carbonyl (C=O) groups is 1. The summed E-state index contributed by atoms with van der Waals surface area (Å²) in [5.41, 5.74) is 0. The molecule has 4 heteroatoms. The Hall–Kier alpha value is -0.220. The van der Waals surface area contributed by atoms with Gasteiger partial charge in [-0.05, 0) is 20.1 Å². The Labute approximate surface area is 71.9 Å². The minimum atomic E-state index is -0.230. The highest BCUT2D eigenvalue weighted by molar-refractivity contribution is 7.99. The SMILES string of the molecule is COC(=O)CNC(C)(C)SC. The second-order valence-corrected chi connectivity index (χ2v) is 4.07. The first-order chi connectivity index (χ1) is 5.02. The van der Waals surface area contributed by atoms with E-state index >= 15 is 0 Å². The molecule has 66 valence electrons. The maximum atomic E-state index is 10.7. The lowest BCUT2D eigenvalue weighted by Gasteiger charge is -2.22. The van der Waals surface area contributed by atoms with Crippen molar-refractivity contribution in [1.29, 1.82) is 0 Å². The molecule has 0 bridgehead atoms. The number of ether oxygens (including phenoxy) is 1. The average Bonchev–Trinajstić information content (AvgIpc) is 2.00. The lowest BCUT2D eigenvalue weighted by atomic mass is 10.4. The molecule has 1 N–H and O–H groups in total. The first-order valence-electron chi connectivity index (χ1n) is 3.39. The Morgan fingerprint density at radius 2 is 2.18 bits per heavy atom. The first-order valence-corrected chi connectivity index (χ1v) is 4.61. The summed E-state index contributed by atoms with van der Waals surface area (Å²) in [6, 6.07) is 0. The van der Waals surface area contributed by atoms with Crippen molar-refractivity contribution in [2.24, 2.45) is 0 Å². The van der Waals surface area contributed by atoms with Gasteiger partial charge >= 0.3 is 5.97 Å². The smallest absolute Gasteiger partial charge is 0.319 e. The van der Waals surface area contributed by atoms with Crippen molar-refractivity contribution in [3.8, 4) is 0 Å². The molecule has 0 atom stereocenters. The molecule has 0 saturated heterocycles. The molecule has 0 amide bonds. The van der Waals surface area contributed by atoms with Gasteiger partial charge in [-0.3, -0.25) is 10.1 Å². The molecule has 0 fully saturated rings. The number of esters is 1. The lowest BCUT2D eigenvalue weighted by Crippen LogP contribution is -2.39. The van der Waals surface area contributed by atoms with Gasteiger partial charge < -0.3 is 4.74 Å². The standard InChI is InChI=1S/C7H15NO2S/c1-7(2,11-4)8-5-6(9)10-3/h8H,5H2,1-4H3. The largest absolute Gasteiger partial charge is 0.468 e. The molecule has 0 aliphatic heterocycles. The molecule has 0 radical (unpaired) electrons. The van der Waals surface area contributed by atoms with Gasteiger partial charge in [-0.15, -0.1) is 11.8 Å². The van der Waals surface area contributed by atoms with Crippen molar-refractivity contribution in [1.82, 2.24) is 5.32 Å². The highest BCUT2D eigenvalue weighted by atomic mass is 32.2. The van der Waals surface area contributed by atoms with E-state index in [1.807, 2.05) is 20.1 Å². The highest BCUT2D eigenvalue weighted by Gasteiger charge is 2.15. The summed E-state index contributed by atoms with van der Waals surface area (Å²) in [7, 11) is 1.39. The molecule has 0 heterocycles. The number of carbonyl (C=O) groups excluding carboxylic acids is 1. The normalized spacial score (nSPS) is 11.3. The minimum absolute atomic E-state index is 0.0613. The summed E-state index contributed by atoms with van der Waals surface area (Å²) in [6.07, 6.45) is 1.99. The molecule has 0 rings (SSSR count). The molecular formula is C7H15NO2S. The van der Waals surface area contributed by atoms with Crippen LogP contribution in [-0.2, 0) is 9.53 Å². The van der Waals surface area contributed by atoms with Crippen molar-refractivity contribution in [2.45, 2.75) is 18.7 Å². The molecular weight excluding hydrogens is 162 g/mol. The Kier molecular flexibility index (Phi) is 4.52. The van der Waals surface area contributed by atoms with Gasteiger partial charge in [-0.1, -0.05) is 0 Å². The van der Waals surface area contributed by atoms with E-state index in [2.05, 4.69) is 10.1 Å². The van der Waals surface area contributed by atoms with Crippen molar-refractivity contribution in [2.75, 3.05) is 19.9 Å². The third-order valence-corrected chi connectivity index (χ3v) is 2.56. The topological polar surface area (TPSA) is 38.3 Å². The first kappa shape index (κ1) is 10.8. The molecule has 0 spiro atoms. The van der Waals surface area contributed by atoms with Gasteiger partial charge in [-0.25, -0.2) is 0 Å². The quantitative estimate of drug-likeness (QED) is 0.510. The fourth-order valence-corrected chi connectivity index (χ4v) is 0.646. The van der Waals surface area contributed by atoms with Gasteiger partial charge in [0.15, 0.2) is 0 Å². The van der Waals surface area contributed by atoms with Gasteiger partial charge in [0.25, 0.3) is 0 Å². The zero-order valence-electron chi connectivity index (χ0n) is 7.43. The molecule has 0 unspecified atom stereocenters. The predicted octanol–water partition coefficient (Wildman–Crippen LogP) is 0.848. The van der Waals surface area contributed by atoms with Crippen LogP contribution in [0.25, 0.3) is 0 Å². The maximum absolute atomic E-state index is 10.7. The summed E-state index contributed by atoms with van der Waals surface area (Å²) in [5, 5.41) is 3.05. The van der Waals surface area contributed by atoms with Crippen LogP contribution in [0.15, 0.2) is 0 Å². The molecule has 0 aliphatic carbocycles. The predicted molar refractivity (Wildman–Crippen MR) is 47.6 cm³/mol. The monoisotopic (exact) mass is 177 g/mol. The van der Waals surface area contributed by atoms with Gasteiger partial charge in [0.2, 0.25) is 0 Å². The molecule has 3 nitrogen and oxygen atoms in total. The Bertz CT molecular complexity index is 136. The van der Waals surface area contributed by atoms with E-state index in [0.717, 1.165) is 0 Å². The highest BCUT2D eigenvalue weighted by Crippen LogP contribution is 2.16. The van der Waals surface area contributed by atoms with Crippen LogP contribution in [0.1, 0.15) is 13.8 Å². The van der Waals surface area contributed by atoms with E-state index in [1.54, 1.807) is 11.8 Å². The van der Waals surface area contributed by atoms with Crippen LogP contribution in [-0.4, -0.2) is 30.8 Å². The zero-order chi connectivity index (χ0) is 8.91. The zero-order valence-corrected chi connectivity index (χ0v) is 8.25. The van der Waals surface area contributed by atoms with E-state index in [9.17, 15) is 4.79 Å². The summed E-state index contributed by atoms with van der Waals surface area (Å²) in [6.45, 7) is 4.30. The van der Waals surface area contributed by atoms with Crippen LogP contribution in [0.2, 0.25) is 0 Å². The van der Waals surface area contributed by atoms with Crippen LogP contribution in [0, 0.1) is 0 Å². The van der Waals surface area contributed by atoms with Crippen molar-refractivity contribution >= 4 is 17.7 Å². The number of thioether (sulfide) groups is 1. The van der Waals surface area contributed by atoms with Crippen LogP contribution in [0.5, 0.6) is 0 Å². The summed E-state index contributed by atoms with van der Waals surface area (Å²) in [4.78, 5) is 10.6. The Balaban J connectivity index is 3.61. The third-order valence-electron chi connectivity index (χ3n) is 1.40. The van der Waals surface area contributed by atoms with Gasteiger partial charge in [0.05, 0.1) is 18.5 Å². The van der Waals surface area contributed by atoms with Gasteiger partial charge in [-0.2, -0.15) is 0 Å². The number of methoxy groups -OCH3 is 1. The summed E-state index contributed by atoms with van der Waals surface area (Å²) in [5.74, 6) is -0.230. The second-order valence-electron chi connectivity index (χ2n) is 2.64. The fourth-order valence-electron chi connectivity index (χ4n) is 0.429. The number of hydrogen-bond donors (Lipinski definition) is 1. The van der Waals surface area contributed by atoms with E-state index in [-0.39, 0.29) is 17.4 Å². The molecule has 0 aromatic heterocycles. The van der Waals surface area contributed by atoms with Crippen molar-refractivity contribution in [3.63, 3.8) is 0 Å². The van der Waals surface area contributed by atoms with E-state index < -0.39 is 0 Å². The molecule has 0 aromatic rings. The van der Waals surface area contributed by atoms with E-state index in [0.29, 0.717) is 0 Å². The molecule has 0 aliphatic rings. The van der Waals surface area contributed by atoms with Crippen LogP contribution < -0.4 is 5.32 Å². The maximum Gasteiger partial charge on any atom is 0.319 e. The van der Waals surface area contributed by atoms with E-state index in [4.69, 9.17) is 0 Å². The van der Waals surface area contributed by atoms with Crippen molar-refractivity contribution in [3.05, 3.63) is 0 Å². The Morgan fingerprint density at radius 3 is 2.55 bits per heavy atom. The Morgan fingerprint density at radius 1 is 1.64 bits per heavy atom. The second kappa shape index (κ2) is 4.62. The summed E-state index contributed by atoms with van der Waals surface area (Å²) >= 11 is 1.66. The fraction of sp³-hybridized carbons (Fsp3) is 0.857. The van der Waals surface area contributed by atoms with Gasteiger partial charge in [0, 0.05) is 0 Å².